The molecule has 0 bridgehead atoms. The summed E-state index contributed by atoms with van der Waals surface area (Å²) in [5.74, 6) is 0.640. The summed E-state index contributed by atoms with van der Waals surface area (Å²) in [7, 11) is 0. The highest BCUT2D eigenvalue weighted by atomic mass is 79.9. The third-order valence-electron chi connectivity index (χ3n) is 3.07. The minimum Gasteiger partial charge on any atom is -0.0891 e. The second kappa shape index (κ2) is 7.11. The summed E-state index contributed by atoms with van der Waals surface area (Å²) in [6.07, 6.45) is 5.00. The van der Waals surface area contributed by atoms with Gasteiger partial charge in [-0.15, -0.1) is 0 Å². The molecule has 0 aromatic heterocycles. The Morgan fingerprint density at radius 3 is 2.25 bits per heavy atom. The Hall–Kier alpha value is -0.300. The molecule has 0 spiro atoms. The van der Waals surface area contributed by atoms with Gasteiger partial charge in [0.2, 0.25) is 0 Å². The molecular weight excluding hydrogens is 260 g/mol. The Labute approximate surface area is 109 Å². The number of alkyl halides is 1. The van der Waals surface area contributed by atoms with Gasteiger partial charge in [0.15, 0.2) is 0 Å². The molecule has 0 aliphatic carbocycles. The Morgan fingerprint density at radius 1 is 1.12 bits per heavy atom. The quantitative estimate of drug-likeness (QED) is 0.621. The lowest BCUT2D eigenvalue weighted by atomic mass is 9.99. The van der Waals surface area contributed by atoms with E-state index in [9.17, 15) is 0 Å². The number of hydrogen-bond acceptors (Lipinski definition) is 0. The van der Waals surface area contributed by atoms with Crippen molar-refractivity contribution in [3.8, 4) is 0 Å². The van der Waals surface area contributed by atoms with Crippen molar-refractivity contribution < 1.29 is 0 Å². The van der Waals surface area contributed by atoms with Crippen LogP contribution in [0.3, 0.4) is 0 Å². The summed E-state index contributed by atoms with van der Waals surface area (Å²) in [5.41, 5.74) is 2.91. The molecule has 1 aromatic rings. The van der Waals surface area contributed by atoms with Crippen molar-refractivity contribution in [1.82, 2.24) is 0 Å². The van der Waals surface area contributed by atoms with Gasteiger partial charge in [-0.3, -0.25) is 0 Å². The molecule has 0 heterocycles. The zero-order chi connectivity index (χ0) is 12.0. The van der Waals surface area contributed by atoms with Crippen molar-refractivity contribution in [3.63, 3.8) is 0 Å². The predicted octanol–water partition coefficient (Wildman–Crippen LogP) is 5.31. The topological polar surface area (TPSA) is 0 Å². The Kier molecular flexibility index (Phi) is 6.12. The van der Waals surface area contributed by atoms with Gasteiger partial charge in [0.05, 0.1) is 0 Å². The molecule has 0 saturated heterocycles. The van der Waals surface area contributed by atoms with E-state index < -0.39 is 0 Å². The number of benzene rings is 1. The summed E-state index contributed by atoms with van der Waals surface area (Å²) < 4.78 is 0. The zero-order valence-corrected chi connectivity index (χ0v) is 12.3. The van der Waals surface area contributed by atoms with Gasteiger partial charge in [-0.1, -0.05) is 61.0 Å². The maximum Gasteiger partial charge on any atom is 0.0143 e. The Morgan fingerprint density at radius 2 is 1.75 bits per heavy atom. The molecule has 0 N–H and O–H groups in total. The maximum atomic E-state index is 3.68. The Balaban J connectivity index is 2.38. The van der Waals surface area contributed by atoms with Crippen LogP contribution in [-0.2, 0) is 6.42 Å². The molecule has 1 heteroatoms. The lowest BCUT2D eigenvalue weighted by Crippen LogP contribution is -1.96. The molecule has 90 valence electrons. The standard InChI is InChI=1S/C15H23Br/c1-4-15(16)7-5-6-13-8-10-14(11-9-13)12(2)3/h8-12,15H,4-7H2,1-3H3. The summed E-state index contributed by atoms with van der Waals surface area (Å²) in [6, 6.07) is 9.10. The van der Waals surface area contributed by atoms with Crippen LogP contribution >= 0.6 is 15.9 Å². The molecule has 0 aliphatic heterocycles. The van der Waals surface area contributed by atoms with E-state index in [0.29, 0.717) is 10.7 Å². The van der Waals surface area contributed by atoms with E-state index in [1.165, 1.54) is 36.8 Å². The molecule has 0 fully saturated rings. The number of halogens is 1. The number of hydrogen-bond donors (Lipinski definition) is 0. The minimum atomic E-state index is 0.640. The van der Waals surface area contributed by atoms with Crippen molar-refractivity contribution in [2.75, 3.05) is 0 Å². The first-order valence-corrected chi connectivity index (χ1v) is 7.28. The fourth-order valence-electron chi connectivity index (χ4n) is 1.80. The third kappa shape index (κ3) is 4.69. The lowest BCUT2D eigenvalue weighted by molar-refractivity contribution is 0.689. The molecular formula is C15H23Br. The highest BCUT2D eigenvalue weighted by molar-refractivity contribution is 9.09. The lowest BCUT2D eigenvalue weighted by Gasteiger charge is -2.08. The van der Waals surface area contributed by atoms with Gasteiger partial charge < -0.3 is 0 Å². The van der Waals surface area contributed by atoms with E-state index in [4.69, 9.17) is 0 Å². The van der Waals surface area contributed by atoms with Gasteiger partial charge >= 0.3 is 0 Å². The molecule has 0 saturated carbocycles. The molecule has 0 aliphatic rings. The summed E-state index contributed by atoms with van der Waals surface area (Å²) >= 11 is 3.68. The van der Waals surface area contributed by atoms with Crippen LogP contribution in [0.2, 0.25) is 0 Å². The SMILES string of the molecule is CCC(Br)CCCc1ccc(C(C)C)cc1. The second-order valence-corrected chi connectivity index (χ2v) is 6.09. The van der Waals surface area contributed by atoms with E-state index in [-0.39, 0.29) is 0 Å². The summed E-state index contributed by atoms with van der Waals surface area (Å²) in [4.78, 5) is 0.697. The molecule has 16 heavy (non-hydrogen) atoms. The van der Waals surface area contributed by atoms with Gasteiger partial charge in [-0.2, -0.15) is 0 Å². The smallest absolute Gasteiger partial charge is 0.0143 e. The van der Waals surface area contributed by atoms with Crippen LogP contribution in [0.15, 0.2) is 24.3 Å². The van der Waals surface area contributed by atoms with Crippen LogP contribution < -0.4 is 0 Å². The molecule has 1 aromatic carbocycles. The minimum absolute atomic E-state index is 0.640. The van der Waals surface area contributed by atoms with Crippen LogP contribution in [0.5, 0.6) is 0 Å². The third-order valence-corrected chi connectivity index (χ3v) is 4.18. The Bertz CT molecular complexity index is 287. The monoisotopic (exact) mass is 282 g/mol. The van der Waals surface area contributed by atoms with Gasteiger partial charge in [-0.25, -0.2) is 0 Å². The van der Waals surface area contributed by atoms with E-state index in [1.54, 1.807) is 0 Å². The van der Waals surface area contributed by atoms with E-state index >= 15 is 0 Å². The van der Waals surface area contributed by atoms with Gasteiger partial charge in [0.1, 0.15) is 0 Å². The fraction of sp³-hybridized carbons (Fsp3) is 0.600. The van der Waals surface area contributed by atoms with Gasteiger partial charge in [-0.05, 0) is 42.7 Å². The van der Waals surface area contributed by atoms with Gasteiger partial charge in [0, 0.05) is 4.83 Å². The summed E-state index contributed by atoms with van der Waals surface area (Å²) in [6.45, 7) is 6.72. The van der Waals surface area contributed by atoms with Crippen LogP contribution in [0.4, 0.5) is 0 Å². The molecule has 1 rings (SSSR count). The van der Waals surface area contributed by atoms with Crippen molar-refractivity contribution in [3.05, 3.63) is 35.4 Å². The number of rotatable bonds is 6. The fourth-order valence-corrected chi connectivity index (χ4v) is 2.12. The highest BCUT2D eigenvalue weighted by Crippen LogP contribution is 2.17. The van der Waals surface area contributed by atoms with Crippen LogP contribution in [-0.4, -0.2) is 4.83 Å². The van der Waals surface area contributed by atoms with Crippen molar-refractivity contribution in [1.29, 1.82) is 0 Å². The average molecular weight is 283 g/mol. The predicted molar refractivity (Wildman–Crippen MR) is 76.5 cm³/mol. The first kappa shape index (κ1) is 13.8. The van der Waals surface area contributed by atoms with Crippen LogP contribution in [0.25, 0.3) is 0 Å². The van der Waals surface area contributed by atoms with Crippen LogP contribution in [0, 0.1) is 0 Å². The second-order valence-electron chi connectivity index (χ2n) is 4.79. The average Bonchev–Trinajstić information content (AvgIpc) is 2.29. The van der Waals surface area contributed by atoms with Crippen LogP contribution in [0.1, 0.15) is 57.1 Å². The largest absolute Gasteiger partial charge is 0.0891 e. The van der Waals surface area contributed by atoms with E-state index in [1.807, 2.05) is 0 Å². The molecule has 1 unspecified atom stereocenters. The van der Waals surface area contributed by atoms with E-state index in [2.05, 4.69) is 61.0 Å². The van der Waals surface area contributed by atoms with E-state index in [0.717, 1.165) is 0 Å². The molecule has 1 atom stereocenters. The van der Waals surface area contributed by atoms with Gasteiger partial charge in [0.25, 0.3) is 0 Å². The van der Waals surface area contributed by atoms with Crippen molar-refractivity contribution in [2.24, 2.45) is 0 Å². The van der Waals surface area contributed by atoms with Crippen molar-refractivity contribution >= 4 is 15.9 Å². The first-order valence-electron chi connectivity index (χ1n) is 6.36. The first-order chi connectivity index (χ1) is 7.63. The normalized spacial score (nSPS) is 13.1. The van der Waals surface area contributed by atoms with Crippen molar-refractivity contribution in [2.45, 2.75) is 57.2 Å². The summed E-state index contributed by atoms with van der Waals surface area (Å²) in [5, 5.41) is 0. The zero-order valence-electron chi connectivity index (χ0n) is 10.7. The molecule has 0 nitrogen and oxygen atoms in total. The highest BCUT2D eigenvalue weighted by Gasteiger charge is 2.02. The maximum absolute atomic E-state index is 3.68. The molecule has 0 amide bonds. The molecule has 0 radical (unpaired) electrons. The number of aryl methyl sites for hydroxylation is 1.